The fourth-order valence-corrected chi connectivity index (χ4v) is 2.96. The second-order valence-corrected chi connectivity index (χ2v) is 4.97. The molecule has 0 radical (unpaired) electrons. The van der Waals surface area contributed by atoms with Gasteiger partial charge in [-0.2, -0.15) is 0 Å². The summed E-state index contributed by atoms with van der Waals surface area (Å²) in [7, 11) is 0. The third kappa shape index (κ3) is 3.68. The zero-order valence-electron chi connectivity index (χ0n) is 11.4. The van der Waals surface area contributed by atoms with Crippen molar-refractivity contribution in [3.8, 4) is 0 Å². The van der Waals surface area contributed by atoms with Crippen LogP contribution in [0.5, 0.6) is 0 Å². The van der Waals surface area contributed by atoms with Crippen molar-refractivity contribution in [2.24, 2.45) is 5.73 Å². The van der Waals surface area contributed by atoms with Crippen LogP contribution in [0.25, 0.3) is 0 Å². The van der Waals surface area contributed by atoms with Gasteiger partial charge in [0.1, 0.15) is 0 Å². The molecule has 1 aliphatic rings. The Labute approximate surface area is 105 Å². The second-order valence-electron chi connectivity index (χ2n) is 4.97. The van der Waals surface area contributed by atoms with Gasteiger partial charge in [-0.3, -0.25) is 9.69 Å². The number of nitrogens with zero attached hydrogens (tertiary/aromatic N) is 1. The molecule has 0 aromatic heterocycles. The Morgan fingerprint density at radius 3 is 2.71 bits per heavy atom. The molecule has 3 N–H and O–H groups in total. The number of likely N-dealkylation sites (N-methyl/N-ethyl adjacent to an activating group) is 1. The number of primary amides is 1. The largest absolute Gasteiger partial charge is 0.368 e. The SMILES string of the molecule is CCNC(C)C1CCCCN1C(CC)C(N)=O. The summed E-state index contributed by atoms with van der Waals surface area (Å²) >= 11 is 0. The van der Waals surface area contributed by atoms with E-state index in [-0.39, 0.29) is 11.9 Å². The summed E-state index contributed by atoms with van der Waals surface area (Å²) in [6.45, 7) is 8.34. The number of amides is 1. The topological polar surface area (TPSA) is 58.4 Å². The lowest BCUT2D eigenvalue weighted by molar-refractivity contribution is -0.125. The van der Waals surface area contributed by atoms with Crippen molar-refractivity contribution in [1.82, 2.24) is 10.2 Å². The fraction of sp³-hybridized carbons (Fsp3) is 0.923. The molecule has 100 valence electrons. The van der Waals surface area contributed by atoms with Crippen molar-refractivity contribution in [2.45, 2.75) is 64.6 Å². The summed E-state index contributed by atoms with van der Waals surface area (Å²) in [5.41, 5.74) is 5.51. The van der Waals surface area contributed by atoms with Gasteiger partial charge in [-0.25, -0.2) is 0 Å². The molecule has 1 fully saturated rings. The summed E-state index contributed by atoms with van der Waals surface area (Å²) in [5, 5.41) is 3.47. The number of likely N-dealkylation sites (tertiary alicyclic amines) is 1. The minimum atomic E-state index is -0.178. The quantitative estimate of drug-likeness (QED) is 0.732. The highest BCUT2D eigenvalue weighted by molar-refractivity contribution is 5.79. The summed E-state index contributed by atoms with van der Waals surface area (Å²) < 4.78 is 0. The van der Waals surface area contributed by atoms with E-state index in [1.54, 1.807) is 0 Å². The van der Waals surface area contributed by atoms with E-state index in [2.05, 4.69) is 24.1 Å². The minimum absolute atomic E-state index is 0.0959. The average molecular weight is 241 g/mol. The lowest BCUT2D eigenvalue weighted by Gasteiger charge is -2.42. The predicted octanol–water partition coefficient (Wildman–Crippen LogP) is 1.10. The predicted molar refractivity (Wildman–Crippen MR) is 70.8 cm³/mol. The molecule has 1 saturated heterocycles. The third-order valence-corrected chi connectivity index (χ3v) is 3.81. The van der Waals surface area contributed by atoms with Gasteiger partial charge in [0.2, 0.25) is 5.91 Å². The average Bonchev–Trinajstić information content (AvgIpc) is 2.30. The van der Waals surface area contributed by atoms with Gasteiger partial charge < -0.3 is 11.1 Å². The molecular formula is C13H27N3O. The Bertz CT molecular complexity index is 245. The Morgan fingerprint density at radius 1 is 1.47 bits per heavy atom. The monoisotopic (exact) mass is 241 g/mol. The van der Waals surface area contributed by atoms with Gasteiger partial charge in [0.15, 0.2) is 0 Å². The zero-order valence-corrected chi connectivity index (χ0v) is 11.4. The standard InChI is InChI=1S/C13H27N3O/c1-4-11(13(14)17)16-9-7-6-8-12(16)10(3)15-5-2/h10-12,15H,4-9H2,1-3H3,(H2,14,17). The first-order valence-electron chi connectivity index (χ1n) is 6.90. The van der Waals surface area contributed by atoms with Crippen molar-refractivity contribution in [3.05, 3.63) is 0 Å². The van der Waals surface area contributed by atoms with Crippen molar-refractivity contribution < 1.29 is 4.79 Å². The van der Waals surface area contributed by atoms with E-state index in [1.807, 2.05) is 6.92 Å². The highest BCUT2D eigenvalue weighted by Gasteiger charge is 2.33. The molecule has 1 rings (SSSR count). The maximum absolute atomic E-state index is 11.5. The Morgan fingerprint density at radius 2 is 2.18 bits per heavy atom. The summed E-state index contributed by atoms with van der Waals surface area (Å²) in [6.07, 6.45) is 4.41. The van der Waals surface area contributed by atoms with Gasteiger partial charge in [0, 0.05) is 12.1 Å². The van der Waals surface area contributed by atoms with Gasteiger partial charge >= 0.3 is 0 Å². The van der Waals surface area contributed by atoms with Gasteiger partial charge in [-0.1, -0.05) is 20.3 Å². The van der Waals surface area contributed by atoms with Crippen molar-refractivity contribution in [2.75, 3.05) is 13.1 Å². The molecule has 17 heavy (non-hydrogen) atoms. The first-order valence-corrected chi connectivity index (χ1v) is 6.90. The van der Waals surface area contributed by atoms with E-state index in [0.29, 0.717) is 12.1 Å². The lowest BCUT2D eigenvalue weighted by atomic mass is 9.93. The van der Waals surface area contributed by atoms with Gasteiger partial charge in [0.05, 0.1) is 6.04 Å². The number of piperidine rings is 1. The van der Waals surface area contributed by atoms with E-state index in [0.717, 1.165) is 25.9 Å². The highest BCUT2D eigenvalue weighted by atomic mass is 16.1. The molecule has 1 amide bonds. The van der Waals surface area contributed by atoms with E-state index < -0.39 is 0 Å². The first kappa shape index (κ1) is 14.5. The number of hydrogen-bond donors (Lipinski definition) is 2. The molecule has 1 aliphatic heterocycles. The molecule has 3 atom stereocenters. The fourth-order valence-electron chi connectivity index (χ4n) is 2.96. The Balaban J connectivity index is 2.73. The van der Waals surface area contributed by atoms with E-state index in [1.165, 1.54) is 12.8 Å². The van der Waals surface area contributed by atoms with Crippen molar-refractivity contribution >= 4 is 5.91 Å². The molecule has 0 spiro atoms. The van der Waals surface area contributed by atoms with Crippen LogP contribution in [0.2, 0.25) is 0 Å². The smallest absolute Gasteiger partial charge is 0.234 e. The van der Waals surface area contributed by atoms with Crippen molar-refractivity contribution in [3.63, 3.8) is 0 Å². The maximum Gasteiger partial charge on any atom is 0.234 e. The van der Waals surface area contributed by atoms with Crippen LogP contribution in [0.3, 0.4) is 0 Å². The van der Waals surface area contributed by atoms with Gasteiger partial charge in [-0.15, -0.1) is 0 Å². The number of nitrogens with one attached hydrogen (secondary N) is 1. The number of nitrogens with two attached hydrogens (primary N) is 1. The van der Waals surface area contributed by atoms with Crippen LogP contribution >= 0.6 is 0 Å². The Kier molecular flexibility index (Phi) is 5.92. The van der Waals surface area contributed by atoms with Crippen LogP contribution in [0.1, 0.15) is 46.5 Å². The molecule has 0 aromatic carbocycles. The van der Waals surface area contributed by atoms with Crippen LogP contribution in [-0.4, -0.2) is 42.0 Å². The highest BCUT2D eigenvalue weighted by Crippen LogP contribution is 2.23. The van der Waals surface area contributed by atoms with Gasteiger partial charge in [0.25, 0.3) is 0 Å². The number of carbonyl (C=O) groups excluding carboxylic acids is 1. The molecule has 1 heterocycles. The molecule has 4 nitrogen and oxygen atoms in total. The summed E-state index contributed by atoms with van der Waals surface area (Å²) in [4.78, 5) is 13.8. The molecule has 0 bridgehead atoms. The molecule has 0 aromatic rings. The normalized spacial score (nSPS) is 25.5. The number of rotatable bonds is 6. The number of carbonyl (C=O) groups is 1. The van der Waals surface area contributed by atoms with Crippen LogP contribution in [0.4, 0.5) is 0 Å². The zero-order chi connectivity index (χ0) is 12.8. The van der Waals surface area contributed by atoms with E-state index in [4.69, 9.17) is 5.73 Å². The summed E-state index contributed by atoms with van der Waals surface area (Å²) in [6, 6.07) is 0.774. The maximum atomic E-state index is 11.5. The van der Waals surface area contributed by atoms with E-state index in [9.17, 15) is 4.79 Å². The van der Waals surface area contributed by atoms with Crippen LogP contribution in [0.15, 0.2) is 0 Å². The lowest BCUT2D eigenvalue weighted by Crippen LogP contribution is -2.57. The molecule has 0 saturated carbocycles. The Hall–Kier alpha value is -0.610. The second kappa shape index (κ2) is 6.97. The van der Waals surface area contributed by atoms with Crippen LogP contribution in [-0.2, 0) is 4.79 Å². The van der Waals surface area contributed by atoms with E-state index >= 15 is 0 Å². The number of hydrogen-bond acceptors (Lipinski definition) is 3. The molecule has 3 unspecified atom stereocenters. The minimum Gasteiger partial charge on any atom is -0.368 e. The van der Waals surface area contributed by atoms with Crippen LogP contribution < -0.4 is 11.1 Å². The molecule has 0 aliphatic carbocycles. The van der Waals surface area contributed by atoms with Crippen molar-refractivity contribution in [1.29, 1.82) is 0 Å². The molecular weight excluding hydrogens is 214 g/mol. The third-order valence-electron chi connectivity index (χ3n) is 3.81. The summed E-state index contributed by atoms with van der Waals surface area (Å²) in [5.74, 6) is -0.178. The van der Waals surface area contributed by atoms with Gasteiger partial charge in [-0.05, 0) is 39.3 Å². The van der Waals surface area contributed by atoms with Crippen LogP contribution in [0, 0.1) is 0 Å². The molecule has 4 heteroatoms. The first-order chi connectivity index (χ1) is 8.11.